The molecule has 23 heavy (non-hydrogen) atoms. The predicted octanol–water partition coefficient (Wildman–Crippen LogP) is 2.58. The number of rotatable bonds is 2. The lowest BCUT2D eigenvalue weighted by Crippen LogP contribution is -2.40. The van der Waals surface area contributed by atoms with Crippen LogP contribution in [0.25, 0.3) is 0 Å². The van der Waals surface area contributed by atoms with Gasteiger partial charge < -0.3 is 9.47 Å². The molecule has 4 bridgehead atoms. The van der Waals surface area contributed by atoms with Crippen LogP contribution in [0.3, 0.4) is 0 Å². The van der Waals surface area contributed by atoms with Crippen LogP contribution in [-0.4, -0.2) is 24.6 Å². The molecule has 8 atom stereocenters. The van der Waals surface area contributed by atoms with Gasteiger partial charge in [0.25, 0.3) is 0 Å². The van der Waals surface area contributed by atoms with Gasteiger partial charge in [-0.05, 0) is 54.8 Å². The van der Waals surface area contributed by atoms with Crippen molar-refractivity contribution < 1.29 is 19.1 Å². The zero-order valence-electron chi connectivity index (χ0n) is 13.7. The Bertz CT molecular complexity index is 606. The molecule has 0 radical (unpaired) electrons. The van der Waals surface area contributed by atoms with Gasteiger partial charge in [0.15, 0.2) is 0 Å². The van der Waals surface area contributed by atoms with E-state index >= 15 is 0 Å². The first-order valence-corrected chi connectivity index (χ1v) is 9.01. The molecule has 5 rings (SSSR count). The van der Waals surface area contributed by atoms with Gasteiger partial charge in [-0.1, -0.05) is 26.0 Å². The summed E-state index contributed by atoms with van der Waals surface area (Å²) in [4.78, 5) is 24.6. The predicted molar refractivity (Wildman–Crippen MR) is 82.0 cm³/mol. The Hall–Kier alpha value is -1.32. The Morgan fingerprint density at radius 2 is 1.91 bits per heavy atom. The second-order valence-electron chi connectivity index (χ2n) is 9.02. The summed E-state index contributed by atoms with van der Waals surface area (Å²) in [6.45, 7) is 4.18. The van der Waals surface area contributed by atoms with Crippen molar-refractivity contribution in [3.05, 3.63) is 12.2 Å². The molecule has 1 aliphatic heterocycles. The lowest BCUT2D eigenvalue weighted by Gasteiger charge is -2.36. The summed E-state index contributed by atoms with van der Waals surface area (Å²) in [5.74, 6) is 3.56. The van der Waals surface area contributed by atoms with Crippen molar-refractivity contribution in [1.82, 2.24) is 0 Å². The first kappa shape index (κ1) is 14.1. The van der Waals surface area contributed by atoms with E-state index in [0.29, 0.717) is 30.3 Å². The minimum absolute atomic E-state index is 0.00167. The van der Waals surface area contributed by atoms with E-state index in [-0.39, 0.29) is 17.9 Å². The molecule has 0 amide bonds. The molecule has 1 saturated heterocycles. The summed E-state index contributed by atoms with van der Waals surface area (Å²) in [5.41, 5.74) is -0.415. The summed E-state index contributed by atoms with van der Waals surface area (Å²) in [6, 6.07) is 0. The average molecular weight is 316 g/mol. The van der Waals surface area contributed by atoms with Gasteiger partial charge in [-0.3, -0.25) is 4.79 Å². The first-order chi connectivity index (χ1) is 11.0. The van der Waals surface area contributed by atoms with Gasteiger partial charge in [0.1, 0.15) is 6.61 Å². The van der Waals surface area contributed by atoms with Crippen molar-refractivity contribution in [2.75, 3.05) is 6.61 Å². The highest BCUT2D eigenvalue weighted by molar-refractivity contribution is 5.83. The number of esters is 2. The van der Waals surface area contributed by atoms with Crippen LogP contribution < -0.4 is 0 Å². The van der Waals surface area contributed by atoms with E-state index in [1.165, 1.54) is 12.8 Å². The third kappa shape index (κ3) is 1.78. The maximum absolute atomic E-state index is 12.8. The SMILES string of the molecule is CC1(C)COC(=O)C1OC(=O)C1CC2CC1C1C3C=CC(C3)C21. The quantitative estimate of drug-likeness (QED) is 0.446. The lowest BCUT2D eigenvalue weighted by atomic mass is 9.69. The van der Waals surface area contributed by atoms with Gasteiger partial charge in [-0.25, -0.2) is 4.79 Å². The van der Waals surface area contributed by atoms with Crippen molar-refractivity contribution >= 4 is 11.9 Å². The average Bonchev–Trinajstić information content (AvgIpc) is 3.28. The van der Waals surface area contributed by atoms with Crippen molar-refractivity contribution in [2.24, 2.45) is 46.8 Å². The Morgan fingerprint density at radius 3 is 2.61 bits per heavy atom. The number of fused-ring (bicyclic) bond motifs is 9. The highest BCUT2D eigenvalue weighted by Gasteiger charge is 2.63. The van der Waals surface area contributed by atoms with Crippen LogP contribution in [-0.2, 0) is 19.1 Å². The number of cyclic esters (lactones) is 1. The normalized spacial score (nSPS) is 51.1. The zero-order chi connectivity index (χ0) is 15.9. The topological polar surface area (TPSA) is 52.6 Å². The Morgan fingerprint density at radius 1 is 1.17 bits per heavy atom. The van der Waals surface area contributed by atoms with E-state index in [4.69, 9.17) is 9.47 Å². The number of hydrogen-bond acceptors (Lipinski definition) is 4. The smallest absolute Gasteiger partial charge is 0.348 e. The maximum atomic E-state index is 12.8. The van der Waals surface area contributed by atoms with Crippen molar-refractivity contribution in [3.63, 3.8) is 0 Å². The summed E-state index contributed by atoms with van der Waals surface area (Å²) >= 11 is 0. The van der Waals surface area contributed by atoms with Crippen LogP contribution >= 0.6 is 0 Å². The fourth-order valence-corrected chi connectivity index (χ4v) is 6.43. The van der Waals surface area contributed by atoms with Gasteiger partial charge >= 0.3 is 11.9 Å². The molecule has 0 aromatic heterocycles. The van der Waals surface area contributed by atoms with E-state index in [9.17, 15) is 9.59 Å². The summed E-state index contributed by atoms with van der Waals surface area (Å²) in [5, 5.41) is 0. The van der Waals surface area contributed by atoms with Crippen LogP contribution in [0.4, 0.5) is 0 Å². The molecule has 1 heterocycles. The van der Waals surface area contributed by atoms with Crippen molar-refractivity contribution in [3.8, 4) is 0 Å². The van der Waals surface area contributed by atoms with Gasteiger partial charge in [0, 0.05) is 5.41 Å². The molecule has 4 nitrogen and oxygen atoms in total. The van der Waals surface area contributed by atoms with E-state index in [2.05, 4.69) is 12.2 Å². The van der Waals surface area contributed by atoms with Crippen LogP contribution in [0, 0.1) is 46.8 Å². The summed E-state index contributed by atoms with van der Waals surface area (Å²) in [7, 11) is 0. The number of hydrogen-bond donors (Lipinski definition) is 0. The third-order valence-electron chi connectivity index (χ3n) is 7.32. The van der Waals surface area contributed by atoms with Gasteiger partial charge in [-0.2, -0.15) is 0 Å². The molecule has 0 aromatic carbocycles. The molecular weight excluding hydrogens is 292 g/mol. The summed E-state index contributed by atoms with van der Waals surface area (Å²) in [6.07, 6.45) is 7.51. The molecule has 5 aliphatic rings. The van der Waals surface area contributed by atoms with Gasteiger partial charge in [0.2, 0.25) is 6.10 Å². The molecule has 3 saturated carbocycles. The van der Waals surface area contributed by atoms with E-state index in [0.717, 1.165) is 18.3 Å². The lowest BCUT2D eigenvalue weighted by molar-refractivity contribution is -0.168. The minimum atomic E-state index is -0.732. The van der Waals surface area contributed by atoms with Crippen LogP contribution in [0.2, 0.25) is 0 Å². The highest BCUT2D eigenvalue weighted by atomic mass is 16.6. The number of carbonyl (C=O) groups excluding carboxylic acids is 2. The van der Waals surface area contributed by atoms with E-state index < -0.39 is 11.5 Å². The molecule has 4 aliphatic carbocycles. The summed E-state index contributed by atoms with van der Waals surface area (Å²) < 4.78 is 10.8. The fourth-order valence-electron chi connectivity index (χ4n) is 6.43. The second kappa shape index (κ2) is 4.40. The Kier molecular flexibility index (Phi) is 2.69. The fraction of sp³-hybridized carbons (Fsp3) is 0.789. The molecule has 4 heteroatoms. The third-order valence-corrected chi connectivity index (χ3v) is 7.32. The number of allylic oxidation sites excluding steroid dienone is 2. The largest absolute Gasteiger partial charge is 0.462 e. The van der Waals surface area contributed by atoms with E-state index in [1.807, 2.05) is 13.8 Å². The second-order valence-corrected chi connectivity index (χ2v) is 9.02. The van der Waals surface area contributed by atoms with Crippen molar-refractivity contribution in [1.29, 1.82) is 0 Å². The van der Waals surface area contributed by atoms with Crippen LogP contribution in [0.15, 0.2) is 12.2 Å². The van der Waals surface area contributed by atoms with Gasteiger partial charge in [0.05, 0.1) is 5.92 Å². The molecule has 4 fully saturated rings. The molecule has 8 unspecified atom stereocenters. The molecule has 124 valence electrons. The first-order valence-electron chi connectivity index (χ1n) is 9.01. The molecule has 0 spiro atoms. The highest BCUT2D eigenvalue weighted by Crippen LogP contribution is 2.67. The van der Waals surface area contributed by atoms with E-state index in [1.54, 1.807) is 0 Å². The molecule has 0 N–H and O–H groups in total. The number of carbonyl (C=O) groups is 2. The van der Waals surface area contributed by atoms with Crippen molar-refractivity contribution in [2.45, 2.75) is 39.2 Å². The van der Waals surface area contributed by atoms with Crippen LogP contribution in [0.1, 0.15) is 33.1 Å². The van der Waals surface area contributed by atoms with Crippen LogP contribution in [0.5, 0.6) is 0 Å². The monoisotopic (exact) mass is 316 g/mol. The minimum Gasteiger partial charge on any atom is -0.462 e. The number of ether oxygens (including phenoxy) is 2. The molecule has 0 aromatic rings. The Balaban J connectivity index is 1.33. The molecular formula is C19H24O4. The van der Waals surface area contributed by atoms with Gasteiger partial charge in [-0.15, -0.1) is 0 Å². The standard InChI is InChI=1S/C19H24O4/c1-19(2)8-22-18(21)16(19)23-17(20)13-7-11-6-12(13)15-10-4-3-9(5-10)14(11)15/h3-4,9-16H,5-8H2,1-2H3. The Labute approximate surface area is 136 Å². The zero-order valence-corrected chi connectivity index (χ0v) is 13.7. The maximum Gasteiger partial charge on any atom is 0.348 e.